The SMILES string of the molecule is COc1cc(/C=C(/C#N)c2nc3ccc(F)cc3[nH]2)cc(Br)c1OC(C)C. The second-order valence-corrected chi connectivity index (χ2v) is 6.97. The Hall–Kier alpha value is -2.85. The Labute approximate surface area is 164 Å². The van der Waals surface area contributed by atoms with E-state index >= 15 is 0 Å². The number of rotatable bonds is 5. The summed E-state index contributed by atoms with van der Waals surface area (Å²) in [4.78, 5) is 7.34. The summed E-state index contributed by atoms with van der Waals surface area (Å²) < 4.78 is 25.3. The van der Waals surface area contributed by atoms with Crippen molar-refractivity contribution in [1.29, 1.82) is 5.26 Å². The van der Waals surface area contributed by atoms with Crippen LogP contribution in [0.25, 0.3) is 22.7 Å². The molecule has 0 aliphatic heterocycles. The highest BCUT2D eigenvalue weighted by molar-refractivity contribution is 9.10. The first-order chi connectivity index (χ1) is 12.9. The first-order valence-corrected chi connectivity index (χ1v) is 9.02. The van der Waals surface area contributed by atoms with Gasteiger partial charge in [0.2, 0.25) is 0 Å². The number of methoxy groups -OCH3 is 1. The fraction of sp³-hybridized carbons (Fsp3) is 0.200. The van der Waals surface area contributed by atoms with Gasteiger partial charge in [0.25, 0.3) is 0 Å². The summed E-state index contributed by atoms with van der Waals surface area (Å²) in [7, 11) is 1.56. The number of hydrogen-bond acceptors (Lipinski definition) is 4. The average Bonchev–Trinajstić information content (AvgIpc) is 3.04. The van der Waals surface area contributed by atoms with Crippen molar-refractivity contribution < 1.29 is 13.9 Å². The second-order valence-electron chi connectivity index (χ2n) is 6.12. The van der Waals surface area contributed by atoms with Gasteiger partial charge in [-0.25, -0.2) is 9.37 Å². The Morgan fingerprint density at radius 1 is 1.33 bits per heavy atom. The number of allylic oxidation sites excluding steroid dienone is 1. The molecule has 1 aromatic heterocycles. The molecule has 0 aliphatic rings. The molecule has 0 spiro atoms. The number of nitrogens with one attached hydrogen (secondary N) is 1. The van der Waals surface area contributed by atoms with E-state index in [2.05, 4.69) is 32.0 Å². The van der Waals surface area contributed by atoms with Crippen molar-refractivity contribution in [1.82, 2.24) is 9.97 Å². The lowest BCUT2D eigenvalue weighted by molar-refractivity contribution is 0.228. The molecule has 0 saturated carbocycles. The van der Waals surface area contributed by atoms with Gasteiger partial charge in [-0.15, -0.1) is 0 Å². The maximum atomic E-state index is 13.4. The van der Waals surface area contributed by atoms with E-state index in [9.17, 15) is 9.65 Å². The number of halogens is 2. The molecule has 27 heavy (non-hydrogen) atoms. The highest BCUT2D eigenvalue weighted by Crippen LogP contribution is 2.38. The van der Waals surface area contributed by atoms with Crippen molar-refractivity contribution in [2.24, 2.45) is 0 Å². The van der Waals surface area contributed by atoms with Gasteiger partial charge in [0, 0.05) is 0 Å². The smallest absolute Gasteiger partial charge is 0.175 e. The van der Waals surface area contributed by atoms with Crippen LogP contribution in [0.1, 0.15) is 25.2 Å². The number of hydrogen-bond donors (Lipinski definition) is 1. The summed E-state index contributed by atoms with van der Waals surface area (Å²) >= 11 is 3.49. The highest BCUT2D eigenvalue weighted by Gasteiger charge is 2.14. The number of aromatic nitrogens is 2. The summed E-state index contributed by atoms with van der Waals surface area (Å²) in [5.74, 6) is 1.15. The third kappa shape index (κ3) is 4.12. The highest BCUT2D eigenvalue weighted by atomic mass is 79.9. The minimum atomic E-state index is -0.366. The molecule has 0 amide bonds. The number of ether oxygens (including phenoxy) is 2. The number of benzene rings is 2. The van der Waals surface area contributed by atoms with E-state index in [1.54, 1.807) is 25.3 Å². The maximum absolute atomic E-state index is 13.4. The van der Waals surface area contributed by atoms with Gasteiger partial charge < -0.3 is 14.5 Å². The molecule has 1 heterocycles. The number of H-pyrrole nitrogens is 1. The third-order valence-corrected chi connectivity index (χ3v) is 4.32. The topological polar surface area (TPSA) is 70.9 Å². The molecule has 7 heteroatoms. The van der Waals surface area contributed by atoms with E-state index in [0.29, 0.717) is 38.4 Å². The molecule has 0 unspecified atom stereocenters. The summed E-state index contributed by atoms with van der Waals surface area (Å²) in [6.45, 7) is 3.86. The average molecular weight is 430 g/mol. The van der Waals surface area contributed by atoms with Crippen molar-refractivity contribution in [2.75, 3.05) is 7.11 Å². The minimum absolute atomic E-state index is 0.0118. The molecule has 0 atom stereocenters. The molecule has 0 fully saturated rings. The van der Waals surface area contributed by atoms with Gasteiger partial charge in [0.1, 0.15) is 17.7 Å². The van der Waals surface area contributed by atoms with Gasteiger partial charge in [-0.05, 0) is 71.7 Å². The van der Waals surface area contributed by atoms with Gasteiger partial charge in [0.05, 0.1) is 34.3 Å². The van der Waals surface area contributed by atoms with Gasteiger partial charge in [0.15, 0.2) is 11.5 Å². The van der Waals surface area contributed by atoms with Gasteiger partial charge >= 0.3 is 0 Å². The zero-order valence-electron chi connectivity index (χ0n) is 15.0. The van der Waals surface area contributed by atoms with Crippen LogP contribution in [0.15, 0.2) is 34.8 Å². The summed E-state index contributed by atoms with van der Waals surface area (Å²) in [5.41, 5.74) is 2.17. The lowest BCUT2D eigenvalue weighted by Gasteiger charge is -2.16. The Kier molecular flexibility index (Phi) is 5.47. The Morgan fingerprint density at radius 3 is 2.78 bits per heavy atom. The predicted octanol–water partition coefficient (Wildman–Crippen LogP) is 5.32. The van der Waals surface area contributed by atoms with Crippen LogP contribution >= 0.6 is 15.9 Å². The lowest BCUT2D eigenvalue weighted by atomic mass is 10.1. The Balaban J connectivity index is 2.04. The zero-order chi connectivity index (χ0) is 19.6. The first kappa shape index (κ1) is 18.9. The van der Waals surface area contributed by atoms with E-state index in [1.807, 2.05) is 19.9 Å². The molecule has 3 rings (SSSR count). The largest absolute Gasteiger partial charge is 0.493 e. The van der Waals surface area contributed by atoms with Crippen LogP contribution in [0.2, 0.25) is 0 Å². The van der Waals surface area contributed by atoms with Crippen LogP contribution in [-0.2, 0) is 0 Å². The number of fused-ring (bicyclic) bond motifs is 1. The second kappa shape index (κ2) is 7.80. The standard InChI is InChI=1S/C20H17BrFN3O2/c1-11(2)27-19-15(21)7-12(8-18(19)26-3)6-13(10-23)20-24-16-5-4-14(22)9-17(16)25-20/h4-9,11H,1-3H3,(H,24,25)/b13-6-. The summed E-state index contributed by atoms with van der Waals surface area (Å²) in [6.07, 6.45) is 1.67. The minimum Gasteiger partial charge on any atom is -0.493 e. The summed E-state index contributed by atoms with van der Waals surface area (Å²) in [6, 6.07) is 9.99. The molecular formula is C20H17BrFN3O2. The molecule has 1 N–H and O–H groups in total. The number of nitrogens with zero attached hydrogens (tertiary/aromatic N) is 2. The molecule has 0 radical (unpaired) electrons. The van der Waals surface area contributed by atoms with Crippen molar-refractivity contribution in [2.45, 2.75) is 20.0 Å². The first-order valence-electron chi connectivity index (χ1n) is 8.23. The van der Waals surface area contributed by atoms with Crippen molar-refractivity contribution >= 4 is 38.6 Å². The van der Waals surface area contributed by atoms with Crippen LogP contribution in [-0.4, -0.2) is 23.2 Å². The number of aromatic amines is 1. The Bertz CT molecular complexity index is 1070. The van der Waals surface area contributed by atoms with Crippen LogP contribution < -0.4 is 9.47 Å². The molecule has 0 aliphatic carbocycles. The molecule has 5 nitrogen and oxygen atoms in total. The molecule has 0 saturated heterocycles. The fourth-order valence-electron chi connectivity index (χ4n) is 2.60. The van der Waals surface area contributed by atoms with Crippen molar-refractivity contribution in [3.8, 4) is 17.6 Å². The zero-order valence-corrected chi connectivity index (χ0v) is 16.6. The van der Waals surface area contributed by atoms with E-state index in [-0.39, 0.29) is 11.9 Å². The van der Waals surface area contributed by atoms with Gasteiger partial charge in [-0.3, -0.25) is 0 Å². The fourth-order valence-corrected chi connectivity index (χ4v) is 3.16. The predicted molar refractivity (Wildman–Crippen MR) is 106 cm³/mol. The van der Waals surface area contributed by atoms with Gasteiger partial charge in [-0.1, -0.05) is 0 Å². The molecular weight excluding hydrogens is 413 g/mol. The maximum Gasteiger partial charge on any atom is 0.175 e. The van der Waals surface area contributed by atoms with E-state index < -0.39 is 0 Å². The van der Waals surface area contributed by atoms with Crippen LogP contribution in [0, 0.1) is 17.1 Å². The number of nitriles is 1. The monoisotopic (exact) mass is 429 g/mol. The quantitative estimate of drug-likeness (QED) is 0.556. The van der Waals surface area contributed by atoms with Gasteiger partial charge in [-0.2, -0.15) is 5.26 Å². The normalized spacial score (nSPS) is 11.7. The Morgan fingerprint density at radius 2 is 2.11 bits per heavy atom. The lowest BCUT2D eigenvalue weighted by Crippen LogP contribution is -2.07. The van der Waals surface area contributed by atoms with E-state index in [1.165, 1.54) is 12.1 Å². The summed E-state index contributed by atoms with van der Waals surface area (Å²) in [5, 5.41) is 9.57. The van der Waals surface area contributed by atoms with Crippen molar-refractivity contribution in [3.63, 3.8) is 0 Å². The van der Waals surface area contributed by atoms with Crippen LogP contribution in [0.4, 0.5) is 4.39 Å². The molecule has 138 valence electrons. The third-order valence-electron chi connectivity index (χ3n) is 3.74. The number of imidazole rings is 1. The molecule has 3 aromatic rings. The van der Waals surface area contributed by atoms with Crippen molar-refractivity contribution in [3.05, 3.63) is 52.0 Å². The molecule has 2 aromatic carbocycles. The molecule has 0 bridgehead atoms. The van der Waals surface area contributed by atoms with E-state index in [4.69, 9.17) is 9.47 Å². The van der Waals surface area contributed by atoms with E-state index in [0.717, 1.165) is 5.56 Å². The van der Waals surface area contributed by atoms with Crippen LogP contribution in [0.3, 0.4) is 0 Å². The van der Waals surface area contributed by atoms with Crippen LogP contribution in [0.5, 0.6) is 11.5 Å².